The molecular weight excluding hydrogens is 402 g/mol. The van der Waals surface area contributed by atoms with Crippen LogP contribution in [-0.4, -0.2) is 36.7 Å². The highest BCUT2D eigenvalue weighted by Crippen LogP contribution is 2.29. The molecule has 1 amide bonds. The van der Waals surface area contributed by atoms with Crippen LogP contribution in [0.3, 0.4) is 0 Å². The van der Waals surface area contributed by atoms with Gasteiger partial charge in [-0.2, -0.15) is 0 Å². The van der Waals surface area contributed by atoms with E-state index in [9.17, 15) is 4.79 Å². The van der Waals surface area contributed by atoms with Gasteiger partial charge in [0.25, 0.3) is 5.91 Å². The van der Waals surface area contributed by atoms with E-state index in [1.807, 2.05) is 18.2 Å². The van der Waals surface area contributed by atoms with Gasteiger partial charge in [0, 0.05) is 10.5 Å². The van der Waals surface area contributed by atoms with E-state index in [2.05, 4.69) is 31.2 Å². The van der Waals surface area contributed by atoms with Gasteiger partial charge in [0.05, 0.1) is 30.8 Å². The topological polar surface area (TPSA) is 82.6 Å². The number of carbonyl (C=O) groups is 1. The molecule has 134 valence electrons. The molecular formula is C18H16BrN3O4. The maximum Gasteiger partial charge on any atom is 0.262 e. The molecule has 2 aromatic carbocycles. The molecule has 3 aromatic rings. The Kier molecular flexibility index (Phi) is 5.52. The lowest BCUT2D eigenvalue weighted by Gasteiger charge is -2.12. The van der Waals surface area contributed by atoms with Gasteiger partial charge < -0.3 is 19.5 Å². The van der Waals surface area contributed by atoms with Crippen molar-refractivity contribution in [3.8, 4) is 17.4 Å². The van der Waals surface area contributed by atoms with Gasteiger partial charge >= 0.3 is 0 Å². The van der Waals surface area contributed by atoms with Crippen LogP contribution in [0.4, 0.5) is 5.69 Å². The van der Waals surface area contributed by atoms with Gasteiger partial charge in [-0.3, -0.25) is 4.79 Å². The number of halogens is 1. The number of ether oxygens (including phenoxy) is 3. The number of methoxy groups -OCH3 is 2. The molecule has 8 heteroatoms. The predicted molar refractivity (Wildman–Crippen MR) is 101 cm³/mol. The van der Waals surface area contributed by atoms with Gasteiger partial charge in [0.15, 0.2) is 6.61 Å². The van der Waals surface area contributed by atoms with Crippen LogP contribution < -0.4 is 19.5 Å². The van der Waals surface area contributed by atoms with Crippen LogP contribution in [0.2, 0.25) is 0 Å². The second-order valence-corrected chi connectivity index (χ2v) is 6.16. The van der Waals surface area contributed by atoms with Crippen molar-refractivity contribution >= 4 is 38.4 Å². The van der Waals surface area contributed by atoms with Gasteiger partial charge in [-0.05, 0) is 30.3 Å². The number of hydrogen-bond donors (Lipinski definition) is 1. The summed E-state index contributed by atoms with van der Waals surface area (Å²) in [7, 11) is 3.08. The van der Waals surface area contributed by atoms with E-state index in [-0.39, 0.29) is 12.5 Å². The third-order valence-corrected chi connectivity index (χ3v) is 4.07. The molecule has 26 heavy (non-hydrogen) atoms. The normalized spacial score (nSPS) is 10.4. The van der Waals surface area contributed by atoms with Crippen LogP contribution in [-0.2, 0) is 4.79 Å². The number of nitrogens with zero attached hydrogens (tertiary/aromatic N) is 2. The molecule has 0 saturated heterocycles. The molecule has 0 aliphatic rings. The molecule has 0 aliphatic heterocycles. The Morgan fingerprint density at radius 2 is 1.96 bits per heavy atom. The van der Waals surface area contributed by atoms with Crippen molar-refractivity contribution in [1.29, 1.82) is 0 Å². The fourth-order valence-electron chi connectivity index (χ4n) is 2.35. The van der Waals surface area contributed by atoms with E-state index in [4.69, 9.17) is 14.2 Å². The summed E-state index contributed by atoms with van der Waals surface area (Å²) in [6.45, 7) is -0.209. The Bertz CT molecular complexity index is 949. The highest BCUT2D eigenvalue weighted by atomic mass is 79.9. The van der Waals surface area contributed by atoms with Gasteiger partial charge in [-0.25, -0.2) is 9.97 Å². The van der Waals surface area contributed by atoms with Crippen molar-refractivity contribution in [3.05, 3.63) is 47.2 Å². The monoisotopic (exact) mass is 417 g/mol. The standard InChI is InChI=1S/C18H16BrN3O4/c1-24-12-4-6-16(25-2)15(8-12)22-17(23)9-26-18-13-7-11(19)3-5-14(13)20-10-21-18/h3-8,10H,9H2,1-2H3,(H,22,23). The average Bonchev–Trinajstić information content (AvgIpc) is 2.66. The largest absolute Gasteiger partial charge is 0.497 e. The summed E-state index contributed by atoms with van der Waals surface area (Å²) in [5.41, 5.74) is 1.23. The zero-order valence-electron chi connectivity index (χ0n) is 14.2. The van der Waals surface area contributed by atoms with Crippen molar-refractivity contribution in [2.45, 2.75) is 0 Å². The highest BCUT2D eigenvalue weighted by Gasteiger charge is 2.12. The van der Waals surface area contributed by atoms with Gasteiger partial charge in [0.1, 0.15) is 17.8 Å². The fraction of sp³-hybridized carbons (Fsp3) is 0.167. The number of rotatable bonds is 6. The smallest absolute Gasteiger partial charge is 0.262 e. The maximum atomic E-state index is 12.3. The number of benzene rings is 2. The van der Waals surface area contributed by atoms with Crippen LogP contribution >= 0.6 is 15.9 Å². The molecule has 0 fully saturated rings. The molecule has 1 heterocycles. The predicted octanol–water partition coefficient (Wildman–Crippen LogP) is 3.43. The minimum Gasteiger partial charge on any atom is -0.497 e. The second kappa shape index (κ2) is 8.01. The quantitative estimate of drug-likeness (QED) is 0.661. The van der Waals surface area contributed by atoms with Crippen LogP contribution in [0.25, 0.3) is 10.9 Å². The SMILES string of the molecule is COc1ccc(OC)c(NC(=O)COc2ncnc3ccc(Br)cc23)c1. The number of fused-ring (bicyclic) bond motifs is 1. The van der Waals surface area contributed by atoms with E-state index < -0.39 is 0 Å². The Morgan fingerprint density at radius 3 is 2.73 bits per heavy atom. The first-order valence-electron chi connectivity index (χ1n) is 7.65. The van der Waals surface area contributed by atoms with Crippen LogP contribution in [0.1, 0.15) is 0 Å². The van der Waals surface area contributed by atoms with Crippen LogP contribution in [0.5, 0.6) is 17.4 Å². The lowest BCUT2D eigenvalue weighted by atomic mass is 10.2. The number of hydrogen-bond acceptors (Lipinski definition) is 6. The summed E-state index contributed by atoms with van der Waals surface area (Å²) >= 11 is 3.40. The van der Waals surface area contributed by atoms with Gasteiger partial charge in [-0.1, -0.05) is 15.9 Å². The minimum absolute atomic E-state index is 0.209. The lowest BCUT2D eigenvalue weighted by Crippen LogP contribution is -2.21. The van der Waals surface area contributed by atoms with Crippen molar-refractivity contribution in [2.24, 2.45) is 0 Å². The minimum atomic E-state index is -0.349. The molecule has 0 atom stereocenters. The Hall–Kier alpha value is -2.87. The highest BCUT2D eigenvalue weighted by molar-refractivity contribution is 9.10. The van der Waals surface area contributed by atoms with Crippen molar-refractivity contribution in [2.75, 3.05) is 26.1 Å². The Morgan fingerprint density at radius 1 is 1.12 bits per heavy atom. The number of carbonyl (C=O) groups excluding carboxylic acids is 1. The molecule has 0 unspecified atom stereocenters. The second-order valence-electron chi connectivity index (χ2n) is 5.24. The van der Waals surface area contributed by atoms with Crippen LogP contribution in [0, 0.1) is 0 Å². The van der Waals surface area contributed by atoms with Crippen molar-refractivity contribution in [1.82, 2.24) is 9.97 Å². The summed E-state index contributed by atoms with van der Waals surface area (Å²) in [6.07, 6.45) is 1.40. The van der Waals surface area contributed by atoms with Crippen molar-refractivity contribution in [3.63, 3.8) is 0 Å². The summed E-state index contributed by atoms with van der Waals surface area (Å²) in [5.74, 6) is 1.12. The zero-order chi connectivity index (χ0) is 18.5. The number of aromatic nitrogens is 2. The van der Waals surface area contributed by atoms with Crippen molar-refractivity contribution < 1.29 is 19.0 Å². The first-order chi connectivity index (χ1) is 12.6. The Labute approximate surface area is 158 Å². The molecule has 0 bridgehead atoms. The maximum absolute atomic E-state index is 12.3. The van der Waals surface area contributed by atoms with E-state index in [1.165, 1.54) is 13.4 Å². The first kappa shape index (κ1) is 17.9. The molecule has 1 N–H and O–H groups in total. The summed E-state index contributed by atoms with van der Waals surface area (Å²) in [5, 5.41) is 3.46. The van der Waals surface area contributed by atoms with E-state index >= 15 is 0 Å². The number of amides is 1. The van der Waals surface area contributed by atoms with Crippen LogP contribution in [0.15, 0.2) is 47.2 Å². The molecule has 3 rings (SSSR count). The van der Waals surface area contributed by atoms with E-state index in [0.717, 1.165) is 9.99 Å². The summed E-state index contributed by atoms with van der Waals surface area (Å²) in [4.78, 5) is 20.6. The first-order valence-corrected chi connectivity index (χ1v) is 8.45. The molecule has 1 aromatic heterocycles. The van der Waals surface area contributed by atoms with E-state index in [0.29, 0.717) is 28.5 Å². The van der Waals surface area contributed by atoms with Gasteiger partial charge in [-0.15, -0.1) is 0 Å². The third-order valence-electron chi connectivity index (χ3n) is 3.58. The molecule has 0 spiro atoms. The van der Waals surface area contributed by atoms with E-state index in [1.54, 1.807) is 25.3 Å². The van der Waals surface area contributed by atoms with Gasteiger partial charge in [0.2, 0.25) is 5.88 Å². The third kappa shape index (κ3) is 4.02. The number of nitrogens with one attached hydrogen (secondary N) is 1. The Balaban J connectivity index is 1.73. The zero-order valence-corrected chi connectivity index (χ0v) is 15.7. The molecule has 0 radical (unpaired) electrons. The summed E-state index contributed by atoms with van der Waals surface area (Å²) in [6, 6.07) is 10.7. The fourth-order valence-corrected chi connectivity index (χ4v) is 2.71. The summed E-state index contributed by atoms with van der Waals surface area (Å²) < 4.78 is 16.9. The number of anilines is 1. The molecule has 0 saturated carbocycles. The lowest BCUT2D eigenvalue weighted by molar-refractivity contribution is -0.118. The molecule has 0 aliphatic carbocycles. The molecule has 7 nitrogen and oxygen atoms in total. The average molecular weight is 418 g/mol.